The van der Waals surface area contributed by atoms with Crippen LogP contribution in [0.3, 0.4) is 0 Å². The van der Waals surface area contributed by atoms with E-state index in [2.05, 4.69) is 62.5 Å². The van der Waals surface area contributed by atoms with Gasteiger partial charge in [-0.2, -0.15) is 0 Å². The first-order chi connectivity index (χ1) is 15.0. The SMILES string of the molecule is CCC(C)Oc1ccc(NC(=O)C2(c3cccc(C)c3)CCCCC2)c2ccccc12. The lowest BCUT2D eigenvalue weighted by molar-refractivity contribution is -0.122. The van der Waals surface area contributed by atoms with Crippen molar-refractivity contribution in [2.24, 2.45) is 0 Å². The minimum atomic E-state index is -0.461. The highest BCUT2D eigenvalue weighted by molar-refractivity contribution is 6.07. The van der Waals surface area contributed by atoms with Gasteiger partial charge in [-0.1, -0.05) is 80.3 Å². The first kappa shape index (κ1) is 21.4. The number of anilines is 1. The first-order valence-electron chi connectivity index (χ1n) is 11.6. The Hall–Kier alpha value is -2.81. The van der Waals surface area contributed by atoms with Crippen LogP contribution >= 0.6 is 0 Å². The third kappa shape index (κ3) is 4.32. The Morgan fingerprint density at radius 3 is 2.45 bits per heavy atom. The van der Waals surface area contributed by atoms with Gasteiger partial charge in [0.1, 0.15) is 5.75 Å². The number of carbonyl (C=O) groups is 1. The largest absolute Gasteiger partial charge is 0.490 e. The molecule has 1 unspecified atom stereocenters. The summed E-state index contributed by atoms with van der Waals surface area (Å²) in [7, 11) is 0. The number of hydrogen-bond donors (Lipinski definition) is 1. The zero-order chi connectivity index (χ0) is 21.8. The van der Waals surface area contributed by atoms with Crippen LogP contribution in [0.15, 0.2) is 60.7 Å². The van der Waals surface area contributed by atoms with Crippen molar-refractivity contribution in [2.45, 2.75) is 70.8 Å². The molecule has 3 aromatic rings. The fraction of sp³-hybridized carbons (Fsp3) is 0.393. The number of carbonyl (C=O) groups excluding carboxylic acids is 1. The molecule has 3 heteroatoms. The van der Waals surface area contributed by atoms with Crippen LogP contribution in [0.25, 0.3) is 10.8 Å². The minimum Gasteiger partial charge on any atom is -0.490 e. The fourth-order valence-electron chi connectivity index (χ4n) is 4.77. The van der Waals surface area contributed by atoms with Crippen LogP contribution < -0.4 is 10.1 Å². The smallest absolute Gasteiger partial charge is 0.235 e. The van der Waals surface area contributed by atoms with E-state index in [-0.39, 0.29) is 12.0 Å². The van der Waals surface area contributed by atoms with Crippen LogP contribution in [0.5, 0.6) is 5.75 Å². The lowest BCUT2D eigenvalue weighted by atomic mass is 9.68. The summed E-state index contributed by atoms with van der Waals surface area (Å²) in [5, 5.41) is 5.37. The zero-order valence-corrected chi connectivity index (χ0v) is 18.9. The standard InChI is InChI=1S/C28H33NO2/c1-4-21(3)31-26-16-15-25(23-13-6-7-14-24(23)26)29-27(30)28(17-8-5-9-18-28)22-12-10-11-20(2)19-22/h6-7,10-16,19,21H,4-5,8-9,17-18H2,1-3H3,(H,29,30). The second kappa shape index (κ2) is 9.13. The molecule has 0 radical (unpaired) electrons. The predicted octanol–water partition coefficient (Wildman–Crippen LogP) is 7.17. The van der Waals surface area contributed by atoms with E-state index in [1.807, 2.05) is 24.3 Å². The molecule has 1 aliphatic rings. The third-order valence-electron chi connectivity index (χ3n) is 6.75. The number of amides is 1. The average Bonchev–Trinajstić information content (AvgIpc) is 2.81. The number of fused-ring (bicyclic) bond motifs is 1. The molecule has 3 aromatic carbocycles. The Morgan fingerprint density at radius 2 is 1.74 bits per heavy atom. The van der Waals surface area contributed by atoms with Crippen molar-refractivity contribution >= 4 is 22.4 Å². The number of nitrogens with one attached hydrogen (secondary N) is 1. The average molecular weight is 416 g/mol. The van der Waals surface area contributed by atoms with Crippen LogP contribution in [0, 0.1) is 6.92 Å². The van der Waals surface area contributed by atoms with E-state index in [9.17, 15) is 4.79 Å². The van der Waals surface area contributed by atoms with Gasteiger partial charge in [-0.25, -0.2) is 0 Å². The molecule has 0 spiro atoms. The van der Waals surface area contributed by atoms with E-state index >= 15 is 0 Å². The molecule has 1 aliphatic carbocycles. The molecule has 0 bridgehead atoms. The van der Waals surface area contributed by atoms with Gasteiger partial charge >= 0.3 is 0 Å². The number of aryl methyl sites for hydroxylation is 1. The van der Waals surface area contributed by atoms with Crippen molar-refractivity contribution in [2.75, 3.05) is 5.32 Å². The Bertz CT molecular complexity index is 1070. The molecular formula is C28H33NO2. The summed E-state index contributed by atoms with van der Waals surface area (Å²) in [6.45, 7) is 6.30. The summed E-state index contributed by atoms with van der Waals surface area (Å²) in [5.74, 6) is 0.979. The topological polar surface area (TPSA) is 38.3 Å². The third-order valence-corrected chi connectivity index (χ3v) is 6.75. The van der Waals surface area contributed by atoms with Crippen LogP contribution in [0.4, 0.5) is 5.69 Å². The van der Waals surface area contributed by atoms with Crippen LogP contribution in [0.1, 0.15) is 63.5 Å². The first-order valence-corrected chi connectivity index (χ1v) is 11.6. The maximum Gasteiger partial charge on any atom is 0.235 e. The molecule has 3 nitrogen and oxygen atoms in total. The van der Waals surface area contributed by atoms with Gasteiger partial charge in [0.05, 0.1) is 11.5 Å². The summed E-state index contributed by atoms with van der Waals surface area (Å²) in [4.78, 5) is 13.8. The summed E-state index contributed by atoms with van der Waals surface area (Å²) in [5.41, 5.74) is 2.74. The second-order valence-electron chi connectivity index (χ2n) is 8.96. The molecule has 1 amide bonds. The van der Waals surface area contributed by atoms with E-state index in [0.29, 0.717) is 0 Å². The summed E-state index contributed by atoms with van der Waals surface area (Å²) < 4.78 is 6.14. The maximum atomic E-state index is 13.8. The van der Waals surface area contributed by atoms with Crippen molar-refractivity contribution in [1.82, 2.24) is 0 Å². The molecule has 1 fully saturated rings. The van der Waals surface area contributed by atoms with Gasteiger partial charge < -0.3 is 10.1 Å². The lowest BCUT2D eigenvalue weighted by Gasteiger charge is -2.36. The maximum absolute atomic E-state index is 13.8. The van der Waals surface area contributed by atoms with Gasteiger partial charge in [-0.05, 0) is 50.8 Å². The number of benzene rings is 3. The molecule has 31 heavy (non-hydrogen) atoms. The van der Waals surface area contributed by atoms with E-state index in [1.165, 1.54) is 12.0 Å². The molecule has 1 atom stereocenters. The molecule has 0 heterocycles. The van der Waals surface area contributed by atoms with Crippen molar-refractivity contribution in [1.29, 1.82) is 0 Å². The summed E-state index contributed by atoms with van der Waals surface area (Å²) in [6.07, 6.45) is 6.27. The van der Waals surface area contributed by atoms with Crippen molar-refractivity contribution in [3.05, 3.63) is 71.8 Å². The molecular weight excluding hydrogens is 382 g/mol. The van der Waals surface area contributed by atoms with Crippen LogP contribution in [0.2, 0.25) is 0 Å². The van der Waals surface area contributed by atoms with Gasteiger partial charge in [-0.3, -0.25) is 4.79 Å². The Kier molecular flexibility index (Phi) is 6.31. The van der Waals surface area contributed by atoms with E-state index in [4.69, 9.17) is 4.74 Å². The molecule has 4 rings (SSSR count). The molecule has 0 aliphatic heterocycles. The highest BCUT2D eigenvalue weighted by Gasteiger charge is 2.41. The van der Waals surface area contributed by atoms with Crippen molar-refractivity contribution in [3.8, 4) is 5.75 Å². The monoisotopic (exact) mass is 415 g/mol. The summed E-state index contributed by atoms with van der Waals surface area (Å²) >= 11 is 0. The Labute approximate surface area is 185 Å². The van der Waals surface area contributed by atoms with Crippen LogP contribution in [-0.2, 0) is 10.2 Å². The van der Waals surface area contributed by atoms with Gasteiger partial charge in [0.2, 0.25) is 5.91 Å². The Morgan fingerprint density at radius 1 is 1.00 bits per heavy atom. The van der Waals surface area contributed by atoms with E-state index < -0.39 is 5.41 Å². The highest BCUT2D eigenvalue weighted by Crippen LogP contribution is 2.41. The number of rotatable bonds is 6. The van der Waals surface area contributed by atoms with E-state index in [0.717, 1.165) is 59.9 Å². The fourth-order valence-corrected chi connectivity index (χ4v) is 4.77. The molecule has 1 saturated carbocycles. The second-order valence-corrected chi connectivity index (χ2v) is 8.96. The van der Waals surface area contributed by atoms with Gasteiger partial charge in [-0.15, -0.1) is 0 Å². The number of ether oxygens (including phenoxy) is 1. The van der Waals surface area contributed by atoms with Gasteiger partial charge in [0.15, 0.2) is 0 Å². The molecule has 162 valence electrons. The van der Waals surface area contributed by atoms with Crippen molar-refractivity contribution < 1.29 is 9.53 Å². The van der Waals surface area contributed by atoms with Crippen LogP contribution in [-0.4, -0.2) is 12.0 Å². The summed E-state index contributed by atoms with van der Waals surface area (Å²) in [6, 6.07) is 20.6. The van der Waals surface area contributed by atoms with Gasteiger partial charge in [0.25, 0.3) is 0 Å². The van der Waals surface area contributed by atoms with E-state index in [1.54, 1.807) is 0 Å². The van der Waals surface area contributed by atoms with Crippen molar-refractivity contribution in [3.63, 3.8) is 0 Å². The molecule has 0 aromatic heterocycles. The zero-order valence-electron chi connectivity index (χ0n) is 18.9. The van der Waals surface area contributed by atoms with Gasteiger partial charge in [0, 0.05) is 16.5 Å². The molecule has 1 N–H and O–H groups in total. The Balaban J connectivity index is 1.70. The highest BCUT2D eigenvalue weighted by atomic mass is 16.5. The predicted molar refractivity (Wildman–Crippen MR) is 129 cm³/mol. The minimum absolute atomic E-state index is 0.110. The lowest BCUT2D eigenvalue weighted by Crippen LogP contribution is -2.42. The molecule has 0 saturated heterocycles. The number of hydrogen-bond acceptors (Lipinski definition) is 2. The normalized spacial score (nSPS) is 16.6. The quantitative estimate of drug-likeness (QED) is 0.463.